The Morgan fingerprint density at radius 1 is 1.18 bits per heavy atom. The lowest BCUT2D eigenvalue weighted by Crippen LogP contribution is -2.51. The number of hydrogen-bond acceptors (Lipinski definition) is 11. The van der Waals surface area contributed by atoms with Gasteiger partial charge in [0.1, 0.15) is 24.0 Å². The number of carbonyl (C=O) groups excluding carboxylic acids is 2. The highest BCUT2D eigenvalue weighted by atomic mass is 35.5. The second-order valence-electron chi connectivity index (χ2n) is 8.84. The normalized spacial score (nSPS) is 15.3. The maximum atomic E-state index is 11.9. The van der Waals surface area contributed by atoms with Crippen molar-refractivity contribution in [2.24, 2.45) is 0 Å². The van der Waals surface area contributed by atoms with Crippen molar-refractivity contribution in [1.82, 2.24) is 19.9 Å². The van der Waals surface area contributed by atoms with Gasteiger partial charge in [0.25, 0.3) is 0 Å². The van der Waals surface area contributed by atoms with E-state index in [1.807, 2.05) is 25.7 Å². The quantitative estimate of drug-likeness (QED) is 0.209. The number of esters is 1. The van der Waals surface area contributed by atoms with Crippen LogP contribution in [0.2, 0.25) is 10.6 Å². The molecule has 0 unspecified atom stereocenters. The van der Waals surface area contributed by atoms with Crippen LogP contribution in [0, 0.1) is 10.1 Å². The minimum Gasteiger partial charge on any atom is -0.467 e. The number of nitrogens with zero attached hydrogens (tertiary/aromatic N) is 7. The largest absolute Gasteiger partial charge is 0.467 e. The predicted octanol–water partition coefficient (Wildman–Crippen LogP) is 4.28. The fraction of sp³-hybridized carbons (Fsp3) is 0.565. The monoisotopic (exact) mass is 570 g/mol. The molecule has 0 aromatic carbocycles. The predicted molar refractivity (Wildman–Crippen MR) is 145 cm³/mol. The third-order valence-electron chi connectivity index (χ3n) is 5.74. The first-order valence-corrected chi connectivity index (χ1v) is 12.8. The molecule has 0 aliphatic carbocycles. The molecule has 3 rings (SSSR count). The highest BCUT2D eigenvalue weighted by Crippen LogP contribution is 2.33. The lowest BCUT2D eigenvalue weighted by atomic mass is 10.1. The van der Waals surface area contributed by atoms with Gasteiger partial charge < -0.3 is 19.9 Å². The second-order valence-corrected chi connectivity index (χ2v) is 9.52. The van der Waals surface area contributed by atoms with Gasteiger partial charge in [-0.15, -0.1) is 0 Å². The van der Waals surface area contributed by atoms with Crippen LogP contribution in [0.3, 0.4) is 0 Å². The molecule has 2 aromatic heterocycles. The summed E-state index contributed by atoms with van der Waals surface area (Å²) in [6.45, 7) is 11.4. The number of carbonyl (C=O) groups is 2. The number of nitrogens with one attached hydrogen (secondary N) is 1. The Kier molecular flexibility index (Phi) is 11.0. The number of rotatable bonds is 8. The van der Waals surface area contributed by atoms with Gasteiger partial charge in [-0.3, -0.25) is 14.9 Å². The van der Waals surface area contributed by atoms with E-state index in [0.717, 1.165) is 12.6 Å². The fourth-order valence-electron chi connectivity index (χ4n) is 4.14. The van der Waals surface area contributed by atoms with E-state index in [2.05, 4.69) is 25.3 Å². The van der Waals surface area contributed by atoms with E-state index in [9.17, 15) is 19.7 Å². The summed E-state index contributed by atoms with van der Waals surface area (Å²) in [5, 5.41) is 14.0. The third kappa shape index (κ3) is 6.95. The van der Waals surface area contributed by atoms with Crippen LogP contribution in [0.15, 0.2) is 12.4 Å². The molecule has 2 atom stereocenters. The van der Waals surface area contributed by atoms with Crippen LogP contribution in [-0.2, 0) is 14.3 Å². The topological polar surface area (TPSA) is 157 Å². The zero-order valence-corrected chi connectivity index (χ0v) is 23.8. The smallest absolute Gasteiger partial charge is 0.329 e. The Bertz CT molecular complexity index is 1170. The molecule has 38 heavy (non-hydrogen) atoms. The maximum Gasteiger partial charge on any atom is 0.329 e. The molecule has 0 fully saturated rings. The SMILES string of the molecule is CC[C@@H]1C(=O)Nc2cnc(Cl)nc2N1C(C)C.CC[C@H](C(=O)OC)N(c1nc(Cl)ncc1[N+](=O)[O-])C(C)C. The van der Waals surface area contributed by atoms with Gasteiger partial charge in [-0.2, -0.15) is 9.97 Å². The van der Waals surface area contributed by atoms with Crippen molar-refractivity contribution in [2.75, 3.05) is 22.2 Å². The van der Waals surface area contributed by atoms with Gasteiger partial charge in [-0.1, -0.05) is 13.8 Å². The van der Waals surface area contributed by atoms with Crippen LogP contribution in [0.5, 0.6) is 0 Å². The number of halogens is 2. The van der Waals surface area contributed by atoms with E-state index in [0.29, 0.717) is 17.9 Å². The fourth-order valence-corrected chi connectivity index (χ4v) is 4.40. The summed E-state index contributed by atoms with van der Waals surface area (Å²) >= 11 is 11.6. The first kappa shape index (κ1) is 30.9. The molecule has 1 aliphatic rings. The van der Waals surface area contributed by atoms with Crippen molar-refractivity contribution in [3.05, 3.63) is 33.1 Å². The molecule has 15 heteroatoms. The Morgan fingerprint density at radius 2 is 1.79 bits per heavy atom. The molecule has 0 bridgehead atoms. The number of hydrogen-bond donors (Lipinski definition) is 1. The number of methoxy groups -OCH3 is 1. The van der Waals surface area contributed by atoms with E-state index < -0.39 is 16.9 Å². The Labute approximate surface area is 231 Å². The van der Waals surface area contributed by atoms with Gasteiger partial charge in [-0.05, 0) is 63.7 Å². The van der Waals surface area contributed by atoms with Crippen molar-refractivity contribution in [2.45, 2.75) is 78.6 Å². The summed E-state index contributed by atoms with van der Waals surface area (Å²) in [4.78, 5) is 53.6. The first-order chi connectivity index (χ1) is 17.9. The Hall–Kier alpha value is -3.32. The second kappa shape index (κ2) is 13.5. The molecule has 1 amide bonds. The molecule has 0 saturated carbocycles. The van der Waals surface area contributed by atoms with E-state index in [-0.39, 0.29) is 46.1 Å². The van der Waals surface area contributed by atoms with Gasteiger partial charge in [0.15, 0.2) is 5.82 Å². The van der Waals surface area contributed by atoms with Crippen LogP contribution in [0.1, 0.15) is 54.4 Å². The summed E-state index contributed by atoms with van der Waals surface area (Å²) < 4.78 is 4.76. The van der Waals surface area contributed by atoms with Crippen molar-refractivity contribution in [3.63, 3.8) is 0 Å². The van der Waals surface area contributed by atoms with Crippen molar-refractivity contribution in [3.8, 4) is 0 Å². The molecule has 1 aliphatic heterocycles. The minimum atomic E-state index is -0.695. The number of aromatic nitrogens is 4. The highest BCUT2D eigenvalue weighted by molar-refractivity contribution is 6.28. The van der Waals surface area contributed by atoms with Gasteiger partial charge >= 0.3 is 11.7 Å². The van der Waals surface area contributed by atoms with Crippen LogP contribution in [0.25, 0.3) is 0 Å². The summed E-state index contributed by atoms with van der Waals surface area (Å²) in [6, 6.07) is -0.942. The summed E-state index contributed by atoms with van der Waals surface area (Å²) in [5.41, 5.74) is 0.313. The Balaban J connectivity index is 0.000000272. The van der Waals surface area contributed by atoms with Gasteiger partial charge in [0, 0.05) is 12.1 Å². The number of fused-ring (bicyclic) bond motifs is 1. The summed E-state index contributed by atoms with van der Waals surface area (Å²) in [6.07, 6.45) is 3.71. The molecule has 208 valence electrons. The van der Waals surface area contributed by atoms with Crippen LogP contribution in [0.4, 0.5) is 23.0 Å². The lowest BCUT2D eigenvalue weighted by molar-refractivity contribution is -0.384. The minimum absolute atomic E-state index is 0.00671. The summed E-state index contributed by atoms with van der Waals surface area (Å²) in [5.74, 6) is 0.202. The molecular weight excluding hydrogens is 539 g/mol. The molecule has 0 spiro atoms. The van der Waals surface area contributed by atoms with Crippen LogP contribution >= 0.6 is 23.2 Å². The third-order valence-corrected chi connectivity index (χ3v) is 6.10. The van der Waals surface area contributed by atoms with E-state index in [4.69, 9.17) is 27.9 Å². The van der Waals surface area contributed by atoms with Gasteiger partial charge in [0.2, 0.25) is 22.3 Å². The van der Waals surface area contributed by atoms with Crippen molar-refractivity contribution >= 4 is 58.1 Å². The Morgan fingerprint density at radius 3 is 2.29 bits per heavy atom. The molecular formula is C23H32Cl2N8O5. The van der Waals surface area contributed by atoms with E-state index in [1.54, 1.807) is 27.0 Å². The number of anilines is 3. The first-order valence-electron chi connectivity index (χ1n) is 12.0. The number of ether oxygens (including phenoxy) is 1. The zero-order valence-electron chi connectivity index (χ0n) is 22.3. The molecule has 0 saturated heterocycles. The van der Waals surface area contributed by atoms with Crippen molar-refractivity contribution < 1.29 is 19.2 Å². The molecule has 13 nitrogen and oxygen atoms in total. The highest BCUT2D eigenvalue weighted by Gasteiger charge is 2.35. The summed E-state index contributed by atoms with van der Waals surface area (Å²) in [7, 11) is 1.27. The number of amides is 1. The molecule has 0 radical (unpaired) electrons. The maximum absolute atomic E-state index is 11.9. The average Bonchev–Trinajstić information content (AvgIpc) is 2.85. The standard InChI is InChI=1S/C12H17ClN4O4.C11H15ClN4O/c1-5-8(11(18)21-4)16(7(2)3)10-9(17(19)20)6-14-12(13)15-10;1-4-8-10(17)14-7-5-13-11(12)15-9(7)16(8)6(2)3/h6-8H,5H2,1-4H3;5-6,8H,4H2,1-3H3,(H,14,17)/t2*8-/m11/s1. The van der Waals surface area contributed by atoms with E-state index in [1.165, 1.54) is 12.0 Å². The molecule has 1 N–H and O–H groups in total. The zero-order chi connectivity index (χ0) is 28.7. The van der Waals surface area contributed by atoms with Gasteiger partial charge in [0.05, 0.1) is 18.2 Å². The molecule has 3 heterocycles. The van der Waals surface area contributed by atoms with Gasteiger partial charge in [-0.25, -0.2) is 14.8 Å². The van der Waals surface area contributed by atoms with E-state index >= 15 is 0 Å². The average molecular weight is 571 g/mol. The molecule has 2 aromatic rings. The lowest BCUT2D eigenvalue weighted by Gasteiger charge is -2.39. The van der Waals surface area contributed by atoms with Crippen LogP contribution in [-0.4, -0.2) is 68.0 Å². The van der Waals surface area contributed by atoms with Crippen molar-refractivity contribution in [1.29, 1.82) is 0 Å². The number of nitro groups is 1. The van der Waals surface area contributed by atoms with Crippen LogP contribution < -0.4 is 15.1 Å².